The predicted molar refractivity (Wildman–Crippen MR) is 90.2 cm³/mol. The SMILES string of the molecule is Cc1nc(-c2ccccc2)sc1C(=O)N1CCOC(CC(=O)O)C1. The number of ether oxygens (including phenoxy) is 1. The van der Waals surface area contributed by atoms with E-state index in [-0.39, 0.29) is 12.3 Å². The van der Waals surface area contributed by atoms with E-state index < -0.39 is 12.1 Å². The Morgan fingerprint density at radius 1 is 1.38 bits per heavy atom. The zero-order valence-electron chi connectivity index (χ0n) is 13.3. The van der Waals surface area contributed by atoms with E-state index in [4.69, 9.17) is 9.84 Å². The number of carbonyl (C=O) groups excluding carboxylic acids is 1. The van der Waals surface area contributed by atoms with Crippen LogP contribution in [0.5, 0.6) is 0 Å². The van der Waals surface area contributed by atoms with Gasteiger partial charge in [0, 0.05) is 18.7 Å². The van der Waals surface area contributed by atoms with Gasteiger partial charge in [-0.2, -0.15) is 0 Å². The number of carboxylic acids is 1. The van der Waals surface area contributed by atoms with Crippen molar-refractivity contribution in [1.29, 1.82) is 0 Å². The number of hydrogen-bond donors (Lipinski definition) is 1. The van der Waals surface area contributed by atoms with E-state index >= 15 is 0 Å². The highest BCUT2D eigenvalue weighted by atomic mass is 32.1. The van der Waals surface area contributed by atoms with Crippen LogP contribution in [-0.4, -0.2) is 52.7 Å². The molecular weight excluding hydrogens is 328 g/mol. The van der Waals surface area contributed by atoms with E-state index in [9.17, 15) is 9.59 Å². The molecule has 126 valence electrons. The molecule has 2 heterocycles. The van der Waals surface area contributed by atoms with Gasteiger partial charge in [-0.3, -0.25) is 9.59 Å². The molecule has 1 aromatic carbocycles. The number of aliphatic carboxylic acids is 1. The van der Waals surface area contributed by atoms with Gasteiger partial charge in [0.15, 0.2) is 0 Å². The molecule has 1 N–H and O–H groups in total. The number of amides is 1. The van der Waals surface area contributed by atoms with Crippen LogP contribution in [0.3, 0.4) is 0 Å². The number of carbonyl (C=O) groups is 2. The largest absolute Gasteiger partial charge is 0.481 e. The Balaban J connectivity index is 1.77. The maximum Gasteiger partial charge on any atom is 0.306 e. The predicted octanol–water partition coefficient (Wildman–Crippen LogP) is 2.43. The minimum atomic E-state index is -0.922. The van der Waals surface area contributed by atoms with Crippen LogP contribution in [0.4, 0.5) is 0 Å². The van der Waals surface area contributed by atoms with E-state index in [1.807, 2.05) is 37.3 Å². The highest BCUT2D eigenvalue weighted by Gasteiger charge is 2.28. The standard InChI is InChI=1S/C17H18N2O4S/c1-11-15(24-16(18-11)12-5-3-2-4-6-12)17(22)19-7-8-23-13(10-19)9-14(20)21/h2-6,13H,7-10H2,1H3,(H,20,21). The van der Waals surface area contributed by atoms with Crippen molar-refractivity contribution < 1.29 is 19.4 Å². The lowest BCUT2D eigenvalue weighted by Gasteiger charge is -2.32. The van der Waals surface area contributed by atoms with Crippen LogP contribution in [0.25, 0.3) is 10.6 Å². The van der Waals surface area contributed by atoms with Crippen LogP contribution < -0.4 is 0 Å². The highest BCUT2D eigenvalue weighted by Crippen LogP contribution is 2.29. The molecule has 3 rings (SSSR count). The van der Waals surface area contributed by atoms with Crippen molar-refractivity contribution in [2.45, 2.75) is 19.4 Å². The topological polar surface area (TPSA) is 79.7 Å². The van der Waals surface area contributed by atoms with E-state index in [0.29, 0.717) is 30.3 Å². The summed E-state index contributed by atoms with van der Waals surface area (Å²) in [5.41, 5.74) is 1.68. The molecule has 1 unspecified atom stereocenters. The monoisotopic (exact) mass is 346 g/mol. The van der Waals surface area contributed by atoms with Gasteiger partial charge in [-0.15, -0.1) is 11.3 Å². The maximum atomic E-state index is 12.8. The number of benzene rings is 1. The number of carboxylic acid groups (broad SMARTS) is 1. The molecule has 0 bridgehead atoms. The number of rotatable bonds is 4. The summed E-state index contributed by atoms with van der Waals surface area (Å²) >= 11 is 1.37. The van der Waals surface area contributed by atoms with Crippen molar-refractivity contribution >= 4 is 23.2 Å². The number of aryl methyl sites for hydroxylation is 1. The van der Waals surface area contributed by atoms with E-state index in [1.54, 1.807) is 4.90 Å². The number of aromatic nitrogens is 1. The quantitative estimate of drug-likeness (QED) is 0.920. The third-order valence-corrected chi connectivity index (χ3v) is 5.03. The zero-order chi connectivity index (χ0) is 17.1. The van der Waals surface area contributed by atoms with Crippen molar-refractivity contribution in [3.8, 4) is 10.6 Å². The molecule has 0 radical (unpaired) electrons. The Bertz CT molecular complexity index is 744. The fourth-order valence-electron chi connectivity index (χ4n) is 2.66. The van der Waals surface area contributed by atoms with Crippen molar-refractivity contribution in [3.05, 3.63) is 40.9 Å². The van der Waals surface area contributed by atoms with Crippen LogP contribution in [0.1, 0.15) is 21.8 Å². The first-order valence-corrected chi connectivity index (χ1v) is 8.51. The Hall–Kier alpha value is -2.25. The smallest absolute Gasteiger partial charge is 0.306 e. The molecule has 1 aromatic heterocycles. The number of morpholine rings is 1. The second-order valence-electron chi connectivity index (χ2n) is 5.64. The third-order valence-electron chi connectivity index (χ3n) is 3.84. The summed E-state index contributed by atoms with van der Waals surface area (Å²) in [4.78, 5) is 30.4. The lowest BCUT2D eigenvalue weighted by Crippen LogP contribution is -2.46. The fraction of sp³-hybridized carbons (Fsp3) is 0.353. The van der Waals surface area contributed by atoms with Gasteiger partial charge < -0.3 is 14.7 Å². The van der Waals surface area contributed by atoms with Gasteiger partial charge in [0.05, 0.1) is 24.8 Å². The van der Waals surface area contributed by atoms with Gasteiger partial charge in [-0.1, -0.05) is 30.3 Å². The molecule has 24 heavy (non-hydrogen) atoms. The van der Waals surface area contributed by atoms with E-state index in [0.717, 1.165) is 10.6 Å². The molecule has 0 spiro atoms. The first-order chi connectivity index (χ1) is 11.5. The highest BCUT2D eigenvalue weighted by molar-refractivity contribution is 7.17. The van der Waals surface area contributed by atoms with Crippen LogP contribution in [0.15, 0.2) is 30.3 Å². The van der Waals surface area contributed by atoms with Crippen LogP contribution in [-0.2, 0) is 9.53 Å². The zero-order valence-corrected chi connectivity index (χ0v) is 14.1. The molecule has 0 aliphatic carbocycles. The number of thiazole rings is 1. The number of nitrogens with zero attached hydrogens (tertiary/aromatic N) is 2. The Morgan fingerprint density at radius 2 is 2.12 bits per heavy atom. The minimum Gasteiger partial charge on any atom is -0.481 e. The summed E-state index contributed by atoms with van der Waals surface area (Å²) in [5.74, 6) is -1.03. The molecule has 2 aromatic rings. The average molecular weight is 346 g/mol. The lowest BCUT2D eigenvalue weighted by molar-refractivity contribution is -0.141. The van der Waals surface area contributed by atoms with Crippen LogP contribution in [0.2, 0.25) is 0 Å². The van der Waals surface area contributed by atoms with Crippen LogP contribution >= 0.6 is 11.3 Å². The van der Waals surface area contributed by atoms with Gasteiger partial charge in [0.25, 0.3) is 5.91 Å². The lowest BCUT2D eigenvalue weighted by atomic mass is 10.2. The average Bonchev–Trinajstić information content (AvgIpc) is 2.96. The number of hydrogen-bond acceptors (Lipinski definition) is 5. The van der Waals surface area contributed by atoms with E-state index in [1.165, 1.54) is 11.3 Å². The van der Waals surface area contributed by atoms with Crippen molar-refractivity contribution in [2.75, 3.05) is 19.7 Å². The second-order valence-corrected chi connectivity index (χ2v) is 6.64. The summed E-state index contributed by atoms with van der Waals surface area (Å²) in [6.45, 7) is 2.94. The fourth-order valence-corrected chi connectivity index (χ4v) is 3.70. The van der Waals surface area contributed by atoms with Gasteiger partial charge in [0.1, 0.15) is 9.88 Å². The van der Waals surface area contributed by atoms with Crippen molar-refractivity contribution in [2.24, 2.45) is 0 Å². The Labute approximate surface area is 143 Å². The molecule has 7 heteroatoms. The van der Waals surface area contributed by atoms with Gasteiger partial charge in [-0.05, 0) is 6.92 Å². The molecule has 1 aliphatic rings. The summed E-state index contributed by atoms with van der Waals surface area (Å²) in [5, 5.41) is 9.70. The normalized spacial score (nSPS) is 17.7. The molecule has 1 fully saturated rings. The van der Waals surface area contributed by atoms with Gasteiger partial charge in [-0.25, -0.2) is 4.98 Å². The molecule has 1 amide bonds. The van der Waals surface area contributed by atoms with Gasteiger partial charge >= 0.3 is 5.97 Å². The second kappa shape index (κ2) is 7.11. The molecule has 1 atom stereocenters. The summed E-state index contributed by atoms with van der Waals surface area (Å²) in [6, 6.07) is 9.73. The Kier molecular flexibility index (Phi) is 4.92. The van der Waals surface area contributed by atoms with Crippen molar-refractivity contribution in [3.63, 3.8) is 0 Å². The van der Waals surface area contributed by atoms with Crippen molar-refractivity contribution in [1.82, 2.24) is 9.88 Å². The first-order valence-electron chi connectivity index (χ1n) is 7.70. The molecule has 6 nitrogen and oxygen atoms in total. The summed E-state index contributed by atoms with van der Waals surface area (Å²) in [6.07, 6.45) is -0.553. The van der Waals surface area contributed by atoms with E-state index in [2.05, 4.69) is 4.98 Å². The summed E-state index contributed by atoms with van der Waals surface area (Å²) in [7, 11) is 0. The molecule has 1 saturated heterocycles. The first kappa shape index (κ1) is 16.6. The maximum absolute atomic E-state index is 12.8. The Morgan fingerprint density at radius 3 is 2.83 bits per heavy atom. The minimum absolute atomic E-state index is 0.0965. The van der Waals surface area contributed by atoms with Gasteiger partial charge in [0.2, 0.25) is 0 Å². The molecular formula is C17H18N2O4S. The molecule has 0 saturated carbocycles. The molecule has 1 aliphatic heterocycles. The van der Waals surface area contributed by atoms with Crippen LogP contribution in [0, 0.1) is 6.92 Å². The summed E-state index contributed by atoms with van der Waals surface area (Å²) < 4.78 is 5.42. The third kappa shape index (κ3) is 3.63.